The second-order valence-electron chi connectivity index (χ2n) is 7.11. The van der Waals surface area contributed by atoms with E-state index in [0.717, 1.165) is 16.6 Å². The quantitative estimate of drug-likeness (QED) is 0.678. The zero-order valence-corrected chi connectivity index (χ0v) is 18.3. The van der Waals surface area contributed by atoms with Crippen molar-refractivity contribution in [2.75, 3.05) is 45.2 Å². The molecule has 1 aliphatic heterocycles. The second kappa shape index (κ2) is 8.64. The summed E-state index contributed by atoms with van der Waals surface area (Å²) in [4.78, 5) is 19.9. The number of alkyl halides is 3. The first-order valence-electron chi connectivity index (χ1n) is 9.21. The fraction of sp³-hybridized carbons (Fsp3) is 0.368. The maximum absolute atomic E-state index is 12.9. The standard InChI is InChI=1S/C19H20ClF3N4O3S/c1-25(2)31(29,30)16-11-13(3-5-15(16)20)18(28)27-9-7-26(8-10-27)17-6-4-14(12-24-17)19(21,22)23/h3-6,11-12H,7-10H2,1-2H3. The SMILES string of the molecule is CN(C)S(=O)(=O)c1cc(C(=O)N2CCN(c3ccc(C(F)(F)F)cn3)CC2)ccc1Cl. The number of nitrogens with zero attached hydrogens (tertiary/aromatic N) is 4. The summed E-state index contributed by atoms with van der Waals surface area (Å²) in [6.07, 6.45) is -3.67. The van der Waals surface area contributed by atoms with Crippen LogP contribution in [0.5, 0.6) is 0 Å². The number of sulfonamides is 1. The third-order valence-corrected chi connectivity index (χ3v) is 7.20. The van der Waals surface area contributed by atoms with Gasteiger partial charge in [-0.25, -0.2) is 17.7 Å². The minimum absolute atomic E-state index is 0.0171. The predicted octanol–water partition coefficient (Wildman–Crippen LogP) is 2.97. The number of pyridine rings is 1. The van der Waals surface area contributed by atoms with Crippen LogP contribution in [0.4, 0.5) is 19.0 Å². The van der Waals surface area contributed by atoms with Crippen LogP contribution >= 0.6 is 11.6 Å². The van der Waals surface area contributed by atoms with Gasteiger partial charge in [0.05, 0.1) is 10.6 Å². The summed E-state index contributed by atoms with van der Waals surface area (Å²) < 4.78 is 63.9. The molecule has 0 N–H and O–H groups in total. The number of piperazine rings is 1. The number of rotatable bonds is 4. The Morgan fingerprint density at radius 3 is 2.26 bits per heavy atom. The van der Waals surface area contributed by atoms with Crippen LogP contribution in [-0.2, 0) is 16.2 Å². The summed E-state index contributed by atoms with van der Waals surface area (Å²) in [6.45, 7) is 1.36. The number of halogens is 4. The molecule has 168 valence electrons. The summed E-state index contributed by atoms with van der Waals surface area (Å²) in [7, 11) is -1.08. The van der Waals surface area contributed by atoms with E-state index in [1.165, 1.54) is 38.4 Å². The molecule has 3 rings (SSSR count). The Balaban J connectivity index is 1.71. The maximum Gasteiger partial charge on any atom is 0.417 e. The first-order valence-corrected chi connectivity index (χ1v) is 11.0. The van der Waals surface area contributed by atoms with Gasteiger partial charge in [-0.1, -0.05) is 11.6 Å². The van der Waals surface area contributed by atoms with E-state index in [2.05, 4.69) is 4.98 Å². The van der Waals surface area contributed by atoms with E-state index in [0.29, 0.717) is 32.0 Å². The smallest absolute Gasteiger partial charge is 0.353 e. The van der Waals surface area contributed by atoms with Crippen molar-refractivity contribution in [1.82, 2.24) is 14.2 Å². The lowest BCUT2D eigenvalue weighted by atomic mass is 10.1. The number of amides is 1. The highest BCUT2D eigenvalue weighted by molar-refractivity contribution is 7.89. The summed E-state index contributed by atoms with van der Waals surface area (Å²) in [6, 6.07) is 6.36. The molecular formula is C19H20ClF3N4O3S. The summed E-state index contributed by atoms with van der Waals surface area (Å²) in [5.41, 5.74) is -0.637. The molecule has 0 spiro atoms. The lowest BCUT2D eigenvalue weighted by Gasteiger charge is -2.35. The van der Waals surface area contributed by atoms with Crippen LogP contribution in [0.15, 0.2) is 41.4 Å². The molecule has 0 atom stereocenters. The number of benzene rings is 1. The van der Waals surface area contributed by atoms with Crippen LogP contribution in [0.3, 0.4) is 0 Å². The van der Waals surface area contributed by atoms with Crippen molar-refractivity contribution in [2.24, 2.45) is 0 Å². The van der Waals surface area contributed by atoms with Crippen molar-refractivity contribution in [2.45, 2.75) is 11.1 Å². The van der Waals surface area contributed by atoms with Gasteiger partial charge >= 0.3 is 6.18 Å². The number of hydrogen-bond donors (Lipinski definition) is 0. The van der Waals surface area contributed by atoms with Gasteiger partial charge in [-0.2, -0.15) is 13.2 Å². The van der Waals surface area contributed by atoms with Crippen LogP contribution < -0.4 is 4.90 Å². The zero-order valence-electron chi connectivity index (χ0n) is 16.7. The average molecular weight is 477 g/mol. The normalized spacial score (nSPS) is 15.5. The number of carbonyl (C=O) groups excluding carboxylic acids is 1. The van der Waals surface area contributed by atoms with Crippen molar-refractivity contribution in [1.29, 1.82) is 0 Å². The lowest BCUT2D eigenvalue weighted by molar-refractivity contribution is -0.137. The highest BCUT2D eigenvalue weighted by atomic mass is 35.5. The van der Waals surface area contributed by atoms with Gasteiger partial charge in [0, 0.05) is 52.0 Å². The molecule has 0 saturated carbocycles. The number of anilines is 1. The van der Waals surface area contributed by atoms with E-state index in [4.69, 9.17) is 11.6 Å². The van der Waals surface area contributed by atoms with Crippen LogP contribution in [0.1, 0.15) is 15.9 Å². The minimum atomic E-state index is -4.45. The third kappa shape index (κ3) is 4.94. The van der Waals surface area contributed by atoms with Gasteiger partial charge in [0.15, 0.2) is 0 Å². The number of carbonyl (C=O) groups is 1. The Morgan fingerprint density at radius 2 is 1.74 bits per heavy atom. The Hall–Kier alpha value is -2.37. The van der Waals surface area contributed by atoms with Gasteiger partial charge in [-0.3, -0.25) is 4.79 Å². The molecule has 0 bridgehead atoms. The molecule has 12 heteroatoms. The van der Waals surface area contributed by atoms with Crippen LogP contribution in [0.2, 0.25) is 5.02 Å². The van der Waals surface area contributed by atoms with Gasteiger partial charge < -0.3 is 9.80 Å². The Bertz CT molecular complexity index is 1070. The lowest BCUT2D eigenvalue weighted by Crippen LogP contribution is -2.49. The molecule has 1 amide bonds. The topological polar surface area (TPSA) is 73.8 Å². The van der Waals surface area contributed by atoms with Gasteiger partial charge in [0.2, 0.25) is 10.0 Å². The highest BCUT2D eigenvalue weighted by Crippen LogP contribution is 2.30. The van der Waals surface area contributed by atoms with Crippen molar-refractivity contribution in [3.63, 3.8) is 0 Å². The second-order valence-corrected chi connectivity index (χ2v) is 9.64. The predicted molar refractivity (Wildman–Crippen MR) is 110 cm³/mol. The van der Waals surface area contributed by atoms with Crippen LogP contribution in [0.25, 0.3) is 0 Å². The minimum Gasteiger partial charge on any atom is -0.353 e. The molecule has 2 heterocycles. The van der Waals surface area contributed by atoms with Gasteiger partial charge in [0.1, 0.15) is 10.7 Å². The monoisotopic (exact) mass is 476 g/mol. The van der Waals surface area contributed by atoms with Gasteiger partial charge in [-0.05, 0) is 30.3 Å². The Kier molecular flexibility index (Phi) is 6.49. The summed E-state index contributed by atoms with van der Waals surface area (Å²) in [5, 5.41) is 0.0171. The Labute approximate surface area is 183 Å². The number of aromatic nitrogens is 1. The first-order chi connectivity index (χ1) is 14.4. The number of hydrogen-bond acceptors (Lipinski definition) is 5. The molecule has 1 fully saturated rings. The van der Waals surface area contributed by atoms with E-state index < -0.39 is 21.8 Å². The molecule has 0 radical (unpaired) electrons. The highest BCUT2D eigenvalue weighted by Gasteiger charge is 2.31. The molecule has 1 aliphatic rings. The van der Waals surface area contributed by atoms with Crippen LogP contribution in [-0.4, -0.2) is 68.8 Å². The van der Waals surface area contributed by atoms with E-state index in [-0.39, 0.29) is 21.4 Å². The third-order valence-electron chi connectivity index (χ3n) is 4.90. The molecule has 1 saturated heterocycles. The summed E-state index contributed by atoms with van der Waals surface area (Å²) in [5.74, 6) is 0.0397. The van der Waals surface area contributed by atoms with Crippen LogP contribution in [0, 0.1) is 0 Å². The molecule has 0 unspecified atom stereocenters. The van der Waals surface area contributed by atoms with Gasteiger partial charge in [0.25, 0.3) is 5.91 Å². The molecule has 31 heavy (non-hydrogen) atoms. The fourth-order valence-electron chi connectivity index (χ4n) is 3.09. The average Bonchev–Trinajstić information content (AvgIpc) is 2.73. The molecule has 0 aliphatic carbocycles. The summed E-state index contributed by atoms with van der Waals surface area (Å²) >= 11 is 6.03. The van der Waals surface area contributed by atoms with E-state index in [1.807, 2.05) is 0 Å². The maximum atomic E-state index is 12.9. The molecule has 1 aromatic heterocycles. The van der Waals surface area contributed by atoms with Crippen molar-refractivity contribution < 1.29 is 26.4 Å². The zero-order chi connectivity index (χ0) is 23.0. The molecule has 1 aromatic carbocycles. The largest absolute Gasteiger partial charge is 0.417 e. The first kappa shape index (κ1) is 23.3. The molecular weight excluding hydrogens is 457 g/mol. The van der Waals surface area contributed by atoms with Crippen molar-refractivity contribution in [3.05, 3.63) is 52.7 Å². The fourth-order valence-corrected chi connectivity index (χ4v) is 4.49. The van der Waals surface area contributed by atoms with Crippen molar-refractivity contribution in [3.8, 4) is 0 Å². The van der Waals surface area contributed by atoms with E-state index in [9.17, 15) is 26.4 Å². The Morgan fingerprint density at radius 1 is 1.10 bits per heavy atom. The molecule has 2 aromatic rings. The molecule has 7 nitrogen and oxygen atoms in total. The van der Waals surface area contributed by atoms with E-state index in [1.54, 1.807) is 9.80 Å². The van der Waals surface area contributed by atoms with Gasteiger partial charge in [-0.15, -0.1) is 0 Å². The van der Waals surface area contributed by atoms with Crippen molar-refractivity contribution >= 4 is 33.3 Å². The van der Waals surface area contributed by atoms with E-state index >= 15 is 0 Å².